The minimum atomic E-state index is -0.270. The summed E-state index contributed by atoms with van der Waals surface area (Å²) >= 11 is 0. The van der Waals surface area contributed by atoms with Crippen molar-refractivity contribution in [1.29, 1.82) is 0 Å². The van der Waals surface area contributed by atoms with E-state index in [0.717, 1.165) is 76.5 Å². The zero-order chi connectivity index (χ0) is 18.3. The van der Waals surface area contributed by atoms with Crippen LogP contribution in [0.25, 0.3) is 0 Å². The van der Waals surface area contributed by atoms with Crippen molar-refractivity contribution in [3.63, 3.8) is 0 Å². The predicted octanol–water partition coefficient (Wildman–Crippen LogP) is 2.21. The number of fused-ring (bicyclic) bond motifs is 1. The third-order valence-corrected chi connectivity index (χ3v) is 6.74. The standard InChI is InChI=1S/C21H27N5O/c27-20(21(9-4-10-21)17-5-2-1-3-6-17)25-12-7-16(8-13-25)19-24-23-18-15-22-11-14-26(18)19/h1-3,5-6,16,22H,4,7-15H2. The van der Waals surface area contributed by atoms with E-state index in [9.17, 15) is 4.79 Å². The van der Waals surface area contributed by atoms with Crippen LogP contribution in [-0.2, 0) is 23.3 Å². The molecule has 6 nitrogen and oxygen atoms in total. The number of carbonyl (C=O) groups is 1. The van der Waals surface area contributed by atoms with Crippen molar-refractivity contribution in [3.05, 3.63) is 47.5 Å². The van der Waals surface area contributed by atoms with Crippen LogP contribution in [0.3, 0.4) is 0 Å². The lowest BCUT2D eigenvalue weighted by Crippen LogP contribution is -2.53. The maximum atomic E-state index is 13.4. The molecule has 1 saturated carbocycles. The molecule has 0 unspecified atom stereocenters. The monoisotopic (exact) mass is 365 g/mol. The molecule has 0 atom stereocenters. The second kappa shape index (κ2) is 6.75. The number of likely N-dealkylation sites (tertiary alicyclic amines) is 1. The number of amides is 1. The predicted molar refractivity (Wildman–Crippen MR) is 102 cm³/mol. The first-order valence-electron chi connectivity index (χ1n) is 10.3. The van der Waals surface area contributed by atoms with Gasteiger partial charge in [-0.1, -0.05) is 36.8 Å². The lowest BCUT2D eigenvalue weighted by atomic mass is 9.63. The average molecular weight is 365 g/mol. The Kier molecular flexibility index (Phi) is 4.23. The van der Waals surface area contributed by atoms with E-state index in [1.807, 2.05) is 6.07 Å². The van der Waals surface area contributed by atoms with E-state index in [1.165, 1.54) is 5.56 Å². The Morgan fingerprint density at radius 3 is 2.56 bits per heavy atom. The zero-order valence-corrected chi connectivity index (χ0v) is 15.7. The van der Waals surface area contributed by atoms with Crippen LogP contribution in [0.2, 0.25) is 0 Å². The number of nitrogens with zero attached hydrogens (tertiary/aromatic N) is 4. The second-order valence-electron chi connectivity index (χ2n) is 8.17. The zero-order valence-electron chi connectivity index (χ0n) is 15.7. The molecule has 1 aromatic carbocycles. The van der Waals surface area contributed by atoms with E-state index in [0.29, 0.717) is 11.8 Å². The maximum absolute atomic E-state index is 13.4. The summed E-state index contributed by atoms with van der Waals surface area (Å²) in [6.07, 6.45) is 5.10. The molecule has 6 heteroatoms. The topological polar surface area (TPSA) is 63.1 Å². The van der Waals surface area contributed by atoms with Crippen LogP contribution in [-0.4, -0.2) is 45.2 Å². The van der Waals surface area contributed by atoms with Gasteiger partial charge in [0.25, 0.3) is 0 Å². The number of aromatic nitrogens is 3. The molecule has 0 radical (unpaired) electrons. The highest BCUT2D eigenvalue weighted by molar-refractivity contribution is 5.89. The van der Waals surface area contributed by atoms with Gasteiger partial charge in [-0.15, -0.1) is 10.2 Å². The molecule has 1 saturated heterocycles. The van der Waals surface area contributed by atoms with E-state index >= 15 is 0 Å². The van der Waals surface area contributed by atoms with Crippen molar-refractivity contribution in [2.24, 2.45) is 0 Å². The van der Waals surface area contributed by atoms with E-state index in [1.54, 1.807) is 0 Å². The van der Waals surface area contributed by atoms with Crippen LogP contribution >= 0.6 is 0 Å². The highest BCUT2D eigenvalue weighted by Gasteiger charge is 2.48. The van der Waals surface area contributed by atoms with Crippen LogP contribution in [0.5, 0.6) is 0 Å². The van der Waals surface area contributed by atoms with Crippen LogP contribution in [0.15, 0.2) is 30.3 Å². The quantitative estimate of drug-likeness (QED) is 0.906. The van der Waals surface area contributed by atoms with Gasteiger partial charge in [0, 0.05) is 32.1 Å². The van der Waals surface area contributed by atoms with E-state index < -0.39 is 0 Å². The summed E-state index contributed by atoms with van der Waals surface area (Å²) in [5.74, 6) is 2.93. The van der Waals surface area contributed by atoms with Gasteiger partial charge in [0.15, 0.2) is 0 Å². The molecule has 3 heterocycles. The first-order valence-corrected chi connectivity index (χ1v) is 10.3. The molecule has 1 aromatic heterocycles. The molecule has 2 aliphatic heterocycles. The minimum absolute atomic E-state index is 0.270. The summed E-state index contributed by atoms with van der Waals surface area (Å²) in [4.78, 5) is 15.5. The van der Waals surface area contributed by atoms with Crippen LogP contribution in [0.4, 0.5) is 0 Å². The molecule has 142 valence electrons. The number of piperidine rings is 1. The summed E-state index contributed by atoms with van der Waals surface area (Å²) in [6, 6.07) is 10.4. The van der Waals surface area contributed by atoms with Crippen molar-refractivity contribution in [2.75, 3.05) is 19.6 Å². The number of hydrogen-bond acceptors (Lipinski definition) is 4. The SMILES string of the molecule is O=C(N1CCC(c2nnc3n2CCNC3)CC1)C1(c2ccccc2)CCC1. The van der Waals surface area contributed by atoms with Gasteiger partial charge in [-0.05, 0) is 31.2 Å². The van der Waals surface area contributed by atoms with Gasteiger partial charge in [0.1, 0.15) is 11.6 Å². The summed E-state index contributed by atoms with van der Waals surface area (Å²) in [5.41, 5.74) is 0.927. The Balaban J connectivity index is 1.29. The molecule has 1 amide bonds. The summed E-state index contributed by atoms with van der Waals surface area (Å²) in [7, 11) is 0. The fourth-order valence-electron chi connectivity index (χ4n) is 4.97. The third kappa shape index (κ3) is 2.78. The molecule has 2 fully saturated rings. The Labute approximate surface area is 160 Å². The van der Waals surface area contributed by atoms with Gasteiger partial charge < -0.3 is 14.8 Å². The van der Waals surface area contributed by atoms with Crippen LogP contribution in [0.1, 0.15) is 55.2 Å². The number of benzene rings is 1. The minimum Gasteiger partial charge on any atom is -0.342 e. The molecule has 27 heavy (non-hydrogen) atoms. The number of hydrogen-bond donors (Lipinski definition) is 1. The van der Waals surface area contributed by atoms with Crippen molar-refractivity contribution >= 4 is 5.91 Å². The summed E-state index contributed by atoms with van der Waals surface area (Å²) in [5, 5.41) is 12.2. The second-order valence-corrected chi connectivity index (χ2v) is 8.17. The highest BCUT2D eigenvalue weighted by atomic mass is 16.2. The number of rotatable bonds is 3. The first-order chi connectivity index (χ1) is 13.3. The van der Waals surface area contributed by atoms with Crippen LogP contribution < -0.4 is 5.32 Å². The molecule has 1 aliphatic carbocycles. The molecule has 1 N–H and O–H groups in total. The lowest BCUT2D eigenvalue weighted by molar-refractivity contribution is -0.142. The van der Waals surface area contributed by atoms with Gasteiger partial charge in [-0.3, -0.25) is 4.79 Å². The van der Waals surface area contributed by atoms with Crippen molar-refractivity contribution in [3.8, 4) is 0 Å². The van der Waals surface area contributed by atoms with Crippen LogP contribution in [0, 0.1) is 0 Å². The lowest BCUT2D eigenvalue weighted by Gasteiger charge is -2.45. The number of carbonyl (C=O) groups excluding carboxylic acids is 1. The van der Waals surface area contributed by atoms with Crippen molar-refractivity contribution < 1.29 is 4.79 Å². The average Bonchev–Trinajstić information content (AvgIpc) is 3.12. The third-order valence-electron chi connectivity index (χ3n) is 6.74. The van der Waals surface area contributed by atoms with Gasteiger partial charge in [0.05, 0.1) is 12.0 Å². The van der Waals surface area contributed by atoms with Gasteiger partial charge in [0.2, 0.25) is 5.91 Å². The van der Waals surface area contributed by atoms with Gasteiger partial charge in [-0.25, -0.2) is 0 Å². The van der Waals surface area contributed by atoms with E-state index in [-0.39, 0.29) is 5.41 Å². The molecule has 0 bridgehead atoms. The Morgan fingerprint density at radius 2 is 1.85 bits per heavy atom. The van der Waals surface area contributed by atoms with Gasteiger partial charge in [-0.2, -0.15) is 0 Å². The Morgan fingerprint density at radius 1 is 1.07 bits per heavy atom. The molecule has 2 aromatic rings. The largest absolute Gasteiger partial charge is 0.342 e. The summed E-state index contributed by atoms with van der Waals surface area (Å²) < 4.78 is 2.29. The maximum Gasteiger partial charge on any atom is 0.233 e. The molecule has 5 rings (SSSR count). The molecule has 3 aliphatic rings. The Bertz CT molecular complexity index is 818. The molecule has 0 spiro atoms. The van der Waals surface area contributed by atoms with E-state index in [4.69, 9.17) is 0 Å². The molecular weight excluding hydrogens is 338 g/mol. The highest BCUT2D eigenvalue weighted by Crippen LogP contribution is 2.45. The van der Waals surface area contributed by atoms with Gasteiger partial charge >= 0.3 is 0 Å². The smallest absolute Gasteiger partial charge is 0.233 e. The summed E-state index contributed by atoms with van der Waals surface area (Å²) in [6.45, 7) is 4.41. The fourth-order valence-corrected chi connectivity index (χ4v) is 4.97. The normalized spacial score (nSPS) is 22.1. The molecular formula is C21H27N5O. The van der Waals surface area contributed by atoms with Crippen molar-refractivity contribution in [1.82, 2.24) is 25.0 Å². The first kappa shape index (κ1) is 16.9. The number of nitrogens with one attached hydrogen (secondary N) is 1. The Hall–Kier alpha value is -2.21. The van der Waals surface area contributed by atoms with E-state index in [2.05, 4.69) is 49.2 Å². The van der Waals surface area contributed by atoms with Crippen molar-refractivity contribution in [2.45, 2.75) is 56.5 Å². The fraction of sp³-hybridized carbons (Fsp3) is 0.571.